The second-order valence-electron chi connectivity index (χ2n) is 4.12. The Balaban J connectivity index is 2.15. The predicted octanol–water partition coefficient (Wildman–Crippen LogP) is -0.0806. The molecule has 0 amide bonds. The van der Waals surface area contributed by atoms with Crippen molar-refractivity contribution in [1.82, 2.24) is 24.5 Å². The summed E-state index contributed by atoms with van der Waals surface area (Å²) in [7, 11) is 3.07. The Bertz CT molecular complexity index is 710. The smallest absolute Gasteiger partial charge is 0.327 e. The second-order valence-corrected chi connectivity index (χ2v) is 4.92. The van der Waals surface area contributed by atoms with Gasteiger partial charge in [-0.05, 0) is 15.9 Å². The normalized spacial score (nSPS) is 10.4. The van der Waals surface area contributed by atoms with Crippen LogP contribution < -0.4 is 10.9 Å². The number of aromatic nitrogens is 5. The van der Waals surface area contributed by atoms with Gasteiger partial charge in [0.1, 0.15) is 17.3 Å². The van der Waals surface area contributed by atoms with Gasteiger partial charge in [-0.1, -0.05) is 0 Å². The lowest BCUT2D eigenvalue weighted by molar-refractivity contribution is -0.141. The lowest BCUT2D eigenvalue weighted by Crippen LogP contribution is -2.28. The zero-order chi connectivity index (χ0) is 15.4. The predicted molar refractivity (Wildman–Crippen MR) is 76.5 cm³/mol. The maximum Gasteiger partial charge on any atom is 0.327 e. The van der Waals surface area contributed by atoms with Crippen LogP contribution in [0, 0.1) is 0 Å². The zero-order valence-electron chi connectivity index (χ0n) is 11.4. The minimum Gasteiger partial charge on any atom is -0.468 e. The van der Waals surface area contributed by atoms with Gasteiger partial charge in [-0.15, -0.1) is 10.2 Å². The Labute approximate surface area is 128 Å². The lowest BCUT2D eigenvalue weighted by Gasteiger charge is -2.09. The van der Waals surface area contributed by atoms with Crippen molar-refractivity contribution in [2.24, 2.45) is 7.05 Å². The number of methoxy groups -OCH3 is 1. The van der Waals surface area contributed by atoms with Gasteiger partial charge in [-0.25, -0.2) is 4.68 Å². The van der Waals surface area contributed by atoms with Crippen molar-refractivity contribution in [2.75, 3.05) is 12.4 Å². The second kappa shape index (κ2) is 6.48. The summed E-state index contributed by atoms with van der Waals surface area (Å²) < 4.78 is 7.56. The quantitative estimate of drug-likeness (QED) is 0.747. The van der Waals surface area contributed by atoms with E-state index in [1.54, 1.807) is 10.9 Å². The van der Waals surface area contributed by atoms with Gasteiger partial charge in [0.15, 0.2) is 5.82 Å². The van der Waals surface area contributed by atoms with Crippen molar-refractivity contribution in [3.63, 3.8) is 0 Å². The number of carbonyl (C=O) groups is 1. The highest BCUT2D eigenvalue weighted by Gasteiger charge is 2.12. The van der Waals surface area contributed by atoms with Crippen molar-refractivity contribution in [3.05, 3.63) is 33.2 Å². The van der Waals surface area contributed by atoms with Crippen LogP contribution in [0.4, 0.5) is 5.69 Å². The van der Waals surface area contributed by atoms with Crippen LogP contribution in [0.15, 0.2) is 21.8 Å². The van der Waals surface area contributed by atoms with E-state index >= 15 is 0 Å². The Kier molecular flexibility index (Phi) is 4.68. The molecule has 0 saturated heterocycles. The highest BCUT2D eigenvalue weighted by molar-refractivity contribution is 9.10. The molecule has 0 aliphatic rings. The van der Waals surface area contributed by atoms with Gasteiger partial charge < -0.3 is 14.6 Å². The zero-order valence-corrected chi connectivity index (χ0v) is 13.0. The topological polar surface area (TPSA) is 104 Å². The SMILES string of the molecule is COC(=O)Cn1ncc(NCc2nncn2C)c(Br)c1=O. The number of nitrogens with zero attached hydrogens (tertiary/aromatic N) is 5. The Morgan fingerprint density at radius 3 is 2.90 bits per heavy atom. The molecular formula is C11H13BrN6O3. The number of esters is 1. The summed E-state index contributed by atoms with van der Waals surface area (Å²) >= 11 is 3.19. The molecule has 0 aliphatic carbocycles. The number of rotatable bonds is 5. The van der Waals surface area contributed by atoms with E-state index in [0.717, 1.165) is 4.68 Å². The third-order valence-corrected chi connectivity index (χ3v) is 3.50. The highest BCUT2D eigenvalue weighted by atomic mass is 79.9. The van der Waals surface area contributed by atoms with E-state index in [9.17, 15) is 9.59 Å². The van der Waals surface area contributed by atoms with Crippen LogP contribution in [0.5, 0.6) is 0 Å². The largest absolute Gasteiger partial charge is 0.468 e. The van der Waals surface area contributed by atoms with E-state index in [4.69, 9.17) is 0 Å². The Hall–Kier alpha value is -2.23. The summed E-state index contributed by atoms with van der Waals surface area (Å²) in [6.45, 7) is 0.148. The first kappa shape index (κ1) is 15.2. The van der Waals surface area contributed by atoms with Gasteiger partial charge in [0.05, 0.1) is 25.5 Å². The van der Waals surface area contributed by atoms with Crippen LogP contribution in [0.2, 0.25) is 0 Å². The van der Waals surface area contributed by atoms with E-state index in [1.165, 1.54) is 13.3 Å². The molecule has 1 N–H and O–H groups in total. The number of nitrogens with one attached hydrogen (secondary N) is 1. The summed E-state index contributed by atoms with van der Waals surface area (Å²) in [6, 6.07) is 0. The molecule has 0 aliphatic heterocycles. The van der Waals surface area contributed by atoms with Crippen LogP contribution in [0.25, 0.3) is 0 Å². The molecule has 10 heteroatoms. The van der Waals surface area contributed by atoms with Crippen LogP contribution >= 0.6 is 15.9 Å². The lowest BCUT2D eigenvalue weighted by atomic mass is 10.4. The maximum absolute atomic E-state index is 12.0. The number of ether oxygens (including phenoxy) is 1. The monoisotopic (exact) mass is 356 g/mol. The van der Waals surface area contributed by atoms with Crippen LogP contribution in [0.3, 0.4) is 0 Å². The molecule has 2 aromatic heterocycles. The first-order chi connectivity index (χ1) is 10.0. The molecule has 112 valence electrons. The molecule has 0 saturated carbocycles. The molecule has 2 aromatic rings. The molecule has 2 rings (SSSR count). The van der Waals surface area contributed by atoms with Crippen molar-refractivity contribution in [1.29, 1.82) is 0 Å². The van der Waals surface area contributed by atoms with E-state index in [0.29, 0.717) is 18.1 Å². The molecule has 0 bridgehead atoms. The van der Waals surface area contributed by atoms with Crippen LogP contribution in [-0.2, 0) is 29.7 Å². The van der Waals surface area contributed by atoms with Crippen molar-refractivity contribution >= 4 is 27.6 Å². The van der Waals surface area contributed by atoms with Crippen molar-refractivity contribution in [3.8, 4) is 0 Å². The fraction of sp³-hybridized carbons (Fsp3) is 0.364. The fourth-order valence-electron chi connectivity index (χ4n) is 1.53. The third kappa shape index (κ3) is 3.45. The van der Waals surface area contributed by atoms with Gasteiger partial charge in [0.25, 0.3) is 5.56 Å². The molecule has 0 unspecified atom stereocenters. The molecule has 9 nitrogen and oxygen atoms in total. The molecule has 0 fully saturated rings. The number of hydrogen-bond acceptors (Lipinski definition) is 7. The van der Waals surface area contributed by atoms with Crippen molar-refractivity contribution in [2.45, 2.75) is 13.1 Å². The Morgan fingerprint density at radius 1 is 1.52 bits per heavy atom. The summed E-state index contributed by atoms with van der Waals surface area (Å²) in [5, 5.41) is 14.6. The van der Waals surface area contributed by atoms with Gasteiger partial charge in [0, 0.05) is 7.05 Å². The maximum atomic E-state index is 12.0. The molecule has 0 spiro atoms. The van der Waals surface area contributed by atoms with E-state index < -0.39 is 11.5 Å². The number of halogens is 1. The first-order valence-electron chi connectivity index (χ1n) is 5.92. The minimum atomic E-state index is -0.545. The van der Waals surface area contributed by atoms with E-state index in [2.05, 4.69) is 41.3 Å². The van der Waals surface area contributed by atoms with E-state index in [1.807, 2.05) is 7.05 Å². The summed E-state index contributed by atoms with van der Waals surface area (Å²) in [6.07, 6.45) is 3.03. The molecule has 0 atom stereocenters. The van der Waals surface area contributed by atoms with Gasteiger partial charge in [0.2, 0.25) is 0 Å². The summed E-state index contributed by atoms with van der Waals surface area (Å²) in [5.41, 5.74) is 0.0764. The highest BCUT2D eigenvalue weighted by Crippen LogP contribution is 2.16. The molecule has 2 heterocycles. The summed E-state index contributed by atoms with van der Waals surface area (Å²) in [5.74, 6) is 0.164. The molecule has 0 aromatic carbocycles. The first-order valence-corrected chi connectivity index (χ1v) is 6.71. The van der Waals surface area contributed by atoms with Gasteiger partial charge in [-0.2, -0.15) is 5.10 Å². The van der Waals surface area contributed by atoms with Crippen molar-refractivity contribution < 1.29 is 9.53 Å². The third-order valence-electron chi connectivity index (χ3n) is 2.73. The molecular weight excluding hydrogens is 344 g/mol. The average molecular weight is 357 g/mol. The number of carbonyl (C=O) groups excluding carboxylic acids is 1. The van der Waals surface area contributed by atoms with Gasteiger partial charge >= 0.3 is 5.97 Å². The number of hydrogen-bond donors (Lipinski definition) is 1. The van der Waals surface area contributed by atoms with Crippen LogP contribution in [0.1, 0.15) is 5.82 Å². The molecule has 0 radical (unpaired) electrons. The average Bonchev–Trinajstić information content (AvgIpc) is 2.88. The number of anilines is 1. The minimum absolute atomic E-state index is 0.239. The summed E-state index contributed by atoms with van der Waals surface area (Å²) in [4.78, 5) is 23.2. The van der Waals surface area contributed by atoms with E-state index in [-0.39, 0.29) is 11.0 Å². The number of aryl methyl sites for hydroxylation is 1. The van der Waals surface area contributed by atoms with Crippen LogP contribution in [-0.4, -0.2) is 37.6 Å². The fourth-order valence-corrected chi connectivity index (χ4v) is 1.98. The molecule has 21 heavy (non-hydrogen) atoms. The Morgan fingerprint density at radius 2 is 2.29 bits per heavy atom. The standard InChI is InChI=1S/C11H13BrN6O3/c1-17-6-14-16-8(17)4-13-7-3-15-18(5-9(19)21-2)11(20)10(7)12/h3,6,13H,4-5H2,1-2H3. The van der Waals surface area contributed by atoms with Gasteiger partial charge in [-0.3, -0.25) is 9.59 Å².